The molecule has 8 nitrogen and oxygen atoms in total. The molecular weight excluding hydrogens is 511 g/mol. The summed E-state index contributed by atoms with van der Waals surface area (Å²) in [6, 6.07) is 5.78. The Kier molecular flexibility index (Phi) is 7.24. The number of ether oxygens (including phenoxy) is 2. The van der Waals surface area contributed by atoms with Gasteiger partial charge in [-0.3, -0.25) is 9.69 Å². The topological polar surface area (TPSA) is 79.8 Å². The van der Waals surface area contributed by atoms with Crippen LogP contribution in [0.3, 0.4) is 0 Å². The van der Waals surface area contributed by atoms with Crippen molar-refractivity contribution < 1.29 is 27.4 Å². The molecular formula is C28H34F3N5O3. The predicted octanol–water partition coefficient (Wildman–Crippen LogP) is 4.52. The molecule has 1 aromatic carbocycles. The number of halogens is 3. The number of nitrogens with one attached hydrogen (secondary N) is 1. The first-order valence-corrected chi connectivity index (χ1v) is 13.8. The number of fused-ring (bicyclic) bond motifs is 1. The lowest BCUT2D eigenvalue weighted by atomic mass is 9.95. The van der Waals surface area contributed by atoms with E-state index in [4.69, 9.17) is 9.47 Å². The quantitative estimate of drug-likeness (QED) is 0.592. The van der Waals surface area contributed by atoms with E-state index in [0.29, 0.717) is 61.3 Å². The SMILES string of the molecule is Cc1c(Nc2cccc(C(F)(F)F)c2)nc(C2CC2)nc1C(=O)N1CCC(N2CCO[C@@H]3COCC[C@@H]32)CC1. The second-order valence-corrected chi connectivity index (χ2v) is 11.0. The summed E-state index contributed by atoms with van der Waals surface area (Å²) < 4.78 is 51.3. The van der Waals surface area contributed by atoms with Gasteiger partial charge >= 0.3 is 6.18 Å². The number of alkyl halides is 3. The van der Waals surface area contributed by atoms with Crippen LogP contribution in [0.4, 0.5) is 24.7 Å². The summed E-state index contributed by atoms with van der Waals surface area (Å²) in [5.41, 5.74) is 0.399. The summed E-state index contributed by atoms with van der Waals surface area (Å²) in [5, 5.41) is 3.03. The van der Waals surface area contributed by atoms with Gasteiger partial charge in [0.15, 0.2) is 0 Å². The zero-order valence-electron chi connectivity index (χ0n) is 22.0. The van der Waals surface area contributed by atoms with Gasteiger partial charge in [0.2, 0.25) is 0 Å². The maximum absolute atomic E-state index is 13.7. The van der Waals surface area contributed by atoms with Crippen molar-refractivity contribution in [2.24, 2.45) is 0 Å². The molecule has 1 N–H and O–H groups in total. The number of amides is 1. The first-order chi connectivity index (χ1) is 18.8. The minimum atomic E-state index is -4.45. The first-order valence-electron chi connectivity index (χ1n) is 13.8. The Morgan fingerprint density at radius 2 is 1.85 bits per heavy atom. The molecule has 0 spiro atoms. The monoisotopic (exact) mass is 545 g/mol. The molecule has 39 heavy (non-hydrogen) atoms. The molecule has 11 heteroatoms. The number of rotatable bonds is 5. The minimum absolute atomic E-state index is 0.124. The largest absolute Gasteiger partial charge is 0.416 e. The van der Waals surface area contributed by atoms with E-state index < -0.39 is 11.7 Å². The van der Waals surface area contributed by atoms with Crippen molar-refractivity contribution in [2.75, 3.05) is 44.8 Å². The lowest BCUT2D eigenvalue weighted by Gasteiger charge is -2.49. The van der Waals surface area contributed by atoms with Crippen LogP contribution in [0.15, 0.2) is 24.3 Å². The zero-order valence-corrected chi connectivity index (χ0v) is 22.0. The molecule has 3 aliphatic heterocycles. The fraction of sp³-hybridized carbons (Fsp3) is 0.607. The second kappa shape index (κ2) is 10.7. The standard InChI is InChI=1S/C28H34F3N5O3/c1-17-24(27(37)35-10-7-21(8-11-35)36-12-14-39-23-16-38-13-9-22(23)36)33-26(18-5-6-18)34-25(17)32-20-4-2-3-19(15-20)28(29,30)31/h2-4,15,18,21-23H,5-14,16H2,1H3,(H,32,33,34)/t22-,23+/m0/s1. The lowest BCUT2D eigenvalue weighted by molar-refractivity contribution is -0.148. The van der Waals surface area contributed by atoms with Crippen LogP contribution >= 0.6 is 0 Å². The zero-order chi connectivity index (χ0) is 27.1. The van der Waals surface area contributed by atoms with Crippen molar-refractivity contribution in [1.29, 1.82) is 0 Å². The number of hydrogen-bond acceptors (Lipinski definition) is 7. The van der Waals surface area contributed by atoms with E-state index in [0.717, 1.165) is 57.4 Å². The van der Waals surface area contributed by atoms with E-state index >= 15 is 0 Å². The van der Waals surface area contributed by atoms with Crippen LogP contribution < -0.4 is 5.32 Å². The highest BCUT2D eigenvalue weighted by molar-refractivity contribution is 5.95. The molecule has 0 radical (unpaired) electrons. The van der Waals surface area contributed by atoms with Gasteiger partial charge < -0.3 is 19.7 Å². The van der Waals surface area contributed by atoms with Gasteiger partial charge in [0.25, 0.3) is 5.91 Å². The Labute approximate surface area is 225 Å². The molecule has 0 unspecified atom stereocenters. The van der Waals surface area contributed by atoms with E-state index in [1.165, 1.54) is 6.07 Å². The van der Waals surface area contributed by atoms with E-state index in [1.807, 2.05) is 4.90 Å². The second-order valence-electron chi connectivity index (χ2n) is 11.0. The Balaban J connectivity index is 1.18. The van der Waals surface area contributed by atoms with Crippen LogP contribution in [0.25, 0.3) is 0 Å². The maximum atomic E-state index is 13.7. The van der Waals surface area contributed by atoms with Gasteiger partial charge in [-0.15, -0.1) is 0 Å². The molecule has 6 rings (SSSR count). The molecule has 2 aromatic rings. The number of carbonyl (C=O) groups is 1. The molecule has 210 valence electrons. The van der Waals surface area contributed by atoms with Crippen molar-refractivity contribution in [3.8, 4) is 0 Å². The number of likely N-dealkylation sites (tertiary alicyclic amines) is 1. The van der Waals surface area contributed by atoms with Crippen LogP contribution in [-0.2, 0) is 15.7 Å². The number of carbonyl (C=O) groups excluding carboxylic acids is 1. The van der Waals surface area contributed by atoms with Crippen LogP contribution in [0.2, 0.25) is 0 Å². The highest BCUT2D eigenvalue weighted by atomic mass is 19.4. The molecule has 0 bridgehead atoms. The van der Waals surface area contributed by atoms with Crippen molar-refractivity contribution >= 4 is 17.4 Å². The van der Waals surface area contributed by atoms with Gasteiger partial charge in [0.1, 0.15) is 17.3 Å². The van der Waals surface area contributed by atoms with Crippen LogP contribution in [-0.4, -0.2) is 83.3 Å². The van der Waals surface area contributed by atoms with Crippen molar-refractivity contribution in [3.05, 3.63) is 46.9 Å². The third-order valence-electron chi connectivity index (χ3n) is 8.36. The minimum Gasteiger partial charge on any atom is -0.379 e. The molecule has 1 aliphatic carbocycles. The third-order valence-corrected chi connectivity index (χ3v) is 8.36. The molecule has 4 aliphatic rings. The van der Waals surface area contributed by atoms with Crippen molar-refractivity contribution in [2.45, 2.75) is 69.3 Å². The number of hydrogen-bond donors (Lipinski definition) is 1. The van der Waals surface area contributed by atoms with Gasteiger partial charge in [0, 0.05) is 55.5 Å². The molecule has 1 amide bonds. The molecule has 1 saturated carbocycles. The van der Waals surface area contributed by atoms with Crippen LogP contribution in [0.1, 0.15) is 65.5 Å². The van der Waals surface area contributed by atoms with Gasteiger partial charge in [-0.25, -0.2) is 9.97 Å². The first kappa shape index (κ1) is 26.5. The summed E-state index contributed by atoms with van der Waals surface area (Å²) in [6.45, 7) is 6.03. The van der Waals surface area contributed by atoms with E-state index in [1.54, 1.807) is 13.0 Å². The molecule has 1 aromatic heterocycles. The highest BCUT2D eigenvalue weighted by Crippen LogP contribution is 2.40. The van der Waals surface area contributed by atoms with Gasteiger partial charge in [0.05, 0.1) is 24.9 Å². The maximum Gasteiger partial charge on any atom is 0.416 e. The Morgan fingerprint density at radius 1 is 1.05 bits per heavy atom. The van der Waals surface area contributed by atoms with Crippen LogP contribution in [0, 0.1) is 6.92 Å². The number of anilines is 2. The predicted molar refractivity (Wildman–Crippen MR) is 138 cm³/mol. The smallest absolute Gasteiger partial charge is 0.379 e. The molecule has 4 fully saturated rings. The third kappa shape index (κ3) is 5.62. The fourth-order valence-corrected chi connectivity index (χ4v) is 6.02. The number of nitrogens with zero attached hydrogens (tertiary/aromatic N) is 4. The molecule has 4 heterocycles. The van der Waals surface area contributed by atoms with E-state index in [-0.39, 0.29) is 23.6 Å². The summed E-state index contributed by atoms with van der Waals surface area (Å²) >= 11 is 0. The van der Waals surface area contributed by atoms with Crippen LogP contribution in [0.5, 0.6) is 0 Å². The summed E-state index contributed by atoms with van der Waals surface area (Å²) in [4.78, 5) is 27.4. The highest BCUT2D eigenvalue weighted by Gasteiger charge is 2.40. The number of aromatic nitrogens is 2. The van der Waals surface area contributed by atoms with E-state index in [9.17, 15) is 18.0 Å². The van der Waals surface area contributed by atoms with Gasteiger partial charge in [-0.05, 0) is 57.2 Å². The molecule has 3 saturated heterocycles. The molecule has 2 atom stereocenters. The number of morpholine rings is 1. The average Bonchev–Trinajstić information content (AvgIpc) is 3.79. The summed E-state index contributed by atoms with van der Waals surface area (Å²) in [7, 11) is 0. The normalized spacial score (nSPS) is 24.9. The fourth-order valence-electron chi connectivity index (χ4n) is 6.02. The van der Waals surface area contributed by atoms with Gasteiger partial charge in [-0.1, -0.05) is 6.07 Å². The Bertz CT molecular complexity index is 1210. The summed E-state index contributed by atoms with van der Waals surface area (Å²) in [5.74, 6) is 0.988. The summed E-state index contributed by atoms with van der Waals surface area (Å²) in [6.07, 6.45) is 0.290. The van der Waals surface area contributed by atoms with Crippen molar-refractivity contribution in [3.63, 3.8) is 0 Å². The lowest BCUT2D eigenvalue weighted by Crippen LogP contribution is -2.60. The number of benzene rings is 1. The van der Waals surface area contributed by atoms with Crippen molar-refractivity contribution in [1.82, 2.24) is 19.8 Å². The average molecular weight is 546 g/mol. The Hall–Kier alpha value is -2.76. The Morgan fingerprint density at radius 3 is 2.59 bits per heavy atom. The van der Waals surface area contributed by atoms with E-state index in [2.05, 4.69) is 20.2 Å². The number of piperidine rings is 1. The van der Waals surface area contributed by atoms with Gasteiger partial charge in [-0.2, -0.15) is 13.2 Å².